The molecule has 0 saturated carbocycles. The van der Waals surface area contributed by atoms with Crippen LogP contribution in [0.2, 0.25) is 0 Å². The minimum Gasteiger partial charge on any atom is -0.497 e. The maximum absolute atomic E-state index is 13.4. The van der Waals surface area contributed by atoms with Crippen molar-refractivity contribution in [1.29, 1.82) is 0 Å². The zero-order valence-corrected chi connectivity index (χ0v) is 19.3. The van der Waals surface area contributed by atoms with E-state index in [0.717, 1.165) is 53.5 Å². The van der Waals surface area contributed by atoms with E-state index >= 15 is 0 Å². The van der Waals surface area contributed by atoms with Crippen LogP contribution in [0.15, 0.2) is 48.5 Å². The number of likely N-dealkylation sites (tertiary alicyclic amines) is 1. The highest BCUT2D eigenvalue weighted by molar-refractivity contribution is 14.1. The van der Waals surface area contributed by atoms with Gasteiger partial charge < -0.3 is 9.64 Å². The molecule has 6 heteroatoms. The van der Waals surface area contributed by atoms with E-state index in [-0.39, 0.29) is 5.78 Å². The van der Waals surface area contributed by atoms with E-state index in [1.54, 1.807) is 7.11 Å². The number of hydrogen-bond donors (Lipinski definition) is 0. The molecule has 2 aliphatic rings. The summed E-state index contributed by atoms with van der Waals surface area (Å²) >= 11 is 2.31. The summed E-state index contributed by atoms with van der Waals surface area (Å²) in [5, 5.41) is 5.02. The predicted molar refractivity (Wildman–Crippen MR) is 126 cm³/mol. The molecule has 0 N–H and O–H groups in total. The Kier molecular flexibility index (Phi) is 5.14. The second-order valence-electron chi connectivity index (χ2n) is 8.27. The van der Waals surface area contributed by atoms with Crippen LogP contribution >= 0.6 is 22.6 Å². The lowest BCUT2D eigenvalue weighted by atomic mass is 9.73. The second-order valence-corrected chi connectivity index (χ2v) is 9.52. The molecule has 2 aromatic carbocycles. The molecule has 0 radical (unpaired) electrons. The Bertz CT molecular complexity index is 1110. The summed E-state index contributed by atoms with van der Waals surface area (Å²) in [6.45, 7) is 2.00. The number of ketones is 1. The first-order valence-electron chi connectivity index (χ1n) is 10.3. The fourth-order valence-electron chi connectivity index (χ4n) is 4.86. The molecule has 1 saturated heterocycles. The molecule has 2 unspecified atom stereocenters. The smallest absolute Gasteiger partial charge is 0.167 e. The van der Waals surface area contributed by atoms with E-state index in [0.29, 0.717) is 18.3 Å². The number of carbonyl (C=O) groups excluding carboxylic acids is 1. The van der Waals surface area contributed by atoms with E-state index in [4.69, 9.17) is 9.84 Å². The molecular formula is C24H24IN3O2. The molecule has 1 aromatic heterocycles. The maximum Gasteiger partial charge on any atom is 0.167 e. The summed E-state index contributed by atoms with van der Waals surface area (Å²) in [6, 6.07) is 16.2. The van der Waals surface area contributed by atoms with Crippen LogP contribution in [-0.2, 0) is 0 Å². The van der Waals surface area contributed by atoms with Gasteiger partial charge in [-0.15, -0.1) is 0 Å². The van der Waals surface area contributed by atoms with Gasteiger partial charge in [0.05, 0.1) is 24.1 Å². The average molecular weight is 513 g/mol. The van der Waals surface area contributed by atoms with Crippen LogP contribution in [0.1, 0.15) is 34.8 Å². The number of Topliss-reactive ketones (excluding diaryl/α,β-unsaturated/α-hetero) is 1. The van der Waals surface area contributed by atoms with Gasteiger partial charge in [0.2, 0.25) is 0 Å². The molecule has 5 rings (SSSR count). The van der Waals surface area contributed by atoms with Gasteiger partial charge in [-0.2, -0.15) is 5.10 Å². The number of aromatic nitrogens is 2. The number of fused-ring (bicyclic) bond motifs is 3. The number of hydrogen-bond acceptors (Lipinski definition) is 4. The van der Waals surface area contributed by atoms with E-state index in [1.807, 2.05) is 28.9 Å². The lowest BCUT2D eigenvalue weighted by molar-refractivity contribution is 0.0884. The number of rotatable bonds is 3. The summed E-state index contributed by atoms with van der Waals surface area (Å²) < 4.78 is 8.62. The average Bonchev–Trinajstić information content (AvgIpc) is 3.17. The molecule has 3 aromatic rings. The van der Waals surface area contributed by atoms with Crippen LogP contribution in [0.25, 0.3) is 16.9 Å². The third-order valence-electron chi connectivity index (χ3n) is 6.37. The molecule has 30 heavy (non-hydrogen) atoms. The Morgan fingerprint density at radius 3 is 2.73 bits per heavy atom. The quantitative estimate of drug-likeness (QED) is 0.474. The number of piperidine rings is 1. The van der Waals surface area contributed by atoms with Crippen molar-refractivity contribution in [1.82, 2.24) is 14.7 Å². The number of carbonyl (C=O) groups is 1. The molecule has 0 bridgehead atoms. The van der Waals surface area contributed by atoms with Gasteiger partial charge >= 0.3 is 0 Å². The van der Waals surface area contributed by atoms with Gasteiger partial charge in [-0.25, -0.2) is 4.68 Å². The third-order valence-corrected chi connectivity index (χ3v) is 7.09. The van der Waals surface area contributed by atoms with Crippen LogP contribution in [0.3, 0.4) is 0 Å². The fraction of sp³-hybridized carbons (Fsp3) is 0.333. The minimum absolute atomic E-state index is 0.213. The topological polar surface area (TPSA) is 47.4 Å². The largest absolute Gasteiger partial charge is 0.497 e. The molecule has 2 heterocycles. The summed E-state index contributed by atoms with van der Waals surface area (Å²) in [5.74, 6) is 1.68. The zero-order valence-electron chi connectivity index (χ0n) is 17.1. The Morgan fingerprint density at radius 2 is 1.97 bits per heavy atom. The van der Waals surface area contributed by atoms with Gasteiger partial charge in [-0.05, 0) is 84.9 Å². The zero-order chi connectivity index (χ0) is 20.8. The van der Waals surface area contributed by atoms with Crippen molar-refractivity contribution >= 4 is 28.4 Å². The SMILES string of the molecule is COc1cccc(-c2nn(-c3ccc(I)cc3)c3c2C(=O)CC2CCN(C)CC32)c1. The standard InChI is InChI=1S/C24H24IN3O2/c1-27-11-10-15-13-21(29)22-23(16-4-3-5-19(12-16)30-2)26-28(24(22)20(15)14-27)18-8-6-17(25)7-9-18/h3-9,12,15,20H,10-11,13-14H2,1-2H3. The summed E-state index contributed by atoms with van der Waals surface area (Å²) in [5.41, 5.74) is 4.55. The maximum atomic E-state index is 13.4. The lowest BCUT2D eigenvalue weighted by Crippen LogP contribution is -2.41. The van der Waals surface area contributed by atoms with Crippen molar-refractivity contribution in [2.45, 2.75) is 18.8 Å². The van der Waals surface area contributed by atoms with Gasteiger partial charge in [0.1, 0.15) is 11.4 Å². The number of methoxy groups -OCH3 is 1. The van der Waals surface area contributed by atoms with Crippen LogP contribution in [0.5, 0.6) is 5.75 Å². The molecule has 154 valence electrons. The Morgan fingerprint density at radius 1 is 1.17 bits per heavy atom. The number of ether oxygens (including phenoxy) is 1. The minimum atomic E-state index is 0.213. The van der Waals surface area contributed by atoms with Crippen molar-refractivity contribution in [3.63, 3.8) is 0 Å². The molecule has 5 nitrogen and oxygen atoms in total. The number of benzene rings is 2. The summed E-state index contributed by atoms with van der Waals surface area (Å²) in [6.07, 6.45) is 1.67. The van der Waals surface area contributed by atoms with Gasteiger partial charge in [0.25, 0.3) is 0 Å². The number of likely N-dealkylation sites (N-methyl/N-ethyl adjacent to an activating group) is 1. The highest BCUT2D eigenvalue weighted by Crippen LogP contribution is 2.45. The highest BCUT2D eigenvalue weighted by atomic mass is 127. The van der Waals surface area contributed by atoms with Gasteiger partial charge in [-0.3, -0.25) is 4.79 Å². The number of halogens is 1. The van der Waals surface area contributed by atoms with E-state index < -0.39 is 0 Å². The molecule has 1 aliphatic heterocycles. The van der Waals surface area contributed by atoms with Crippen LogP contribution in [0, 0.1) is 9.49 Å². The van der Waals surface area contributed by atoms with Crippen molar-refractivity contribution in [3.8, 4) is 22.7 Å². The summed E-state index contributed by atoms with van der Waals surface area (Å²) in [7, 11) is 3.83. The summed E-state index contributed by atoms with van der Waals surface area (Å²) in [4.78, 5) is 15.7. The first-order chi connectivity index (χ1) is 14.5. The van der Waals surface area contributed by atoms with Gasteiger partial charge in [-0.1, -0.05) is 12.1 Å². The second kappa shape index (κ2) is 7.81. The highest BCUT2D eigenvalue weighted by Gasteiger charge is 2.42. The van der Waals surface area contributed by atoms with Gasteiger partial charge in [0.15, 0.2) is 5.78 Å². The van der Waals surface area contributed by atoms with Crippen LogP contribution in [0.4, 0.5) is 0 Å². The van der Waals surface area contributed by atoms with E-state index in [1.165, 1.54) is 3.57 Å². The molecule has 0 spiro atoms. The normalized spacial score (nSPS) is 21.2. The first-order valence-corrected chi connectivity index (χ1v) is 11.4. The fourth-order valence-corrected chi connectivity index (χ4v) is 5.22. The molecule has 0 amide bonds. The molecule has 2 atom stereocenters. The van der Waals surface area contributed by atoms with E-state index in [2.05, 4.69) is 58.8 Å². The third kappa shape index (κ3) is 3.36. The van der Waals surface area contributed by atoms with Crippen molar-refractivity contribution in [2.24, 2.45) is 5.92 Å². The Labute approximate surface area is 190 Å². The van der Waals surface area contributed by atoms with Crippen LogP contribution < -0.4 is 4.74 Å². The molecule has 1 aliphatic carbocycles. The van der Waals surface area contributed by atoms with Gasteiger partial charge in [0, 0.05) is 28.0 Å². The predicted octanol–water partition coefficient (Wildman–Crippen LogP) is 4.77. The monoisotopic (exact) mass is 513 g/mol. The Hall–Kier alpha value is -2.19. The van der Waals surface area contributed by atoms with Crippen molar-refractivity contribution < 1.29 is 9.53 Å². The first kappa shape index (κ1) is 19.8. The van der Waals surface area contributed by atoms with Crippen molar-refractivity contribution in [3.05, 3.63) is 63.4 Å². The molecular weight excluding hydrogens is 489 g/mol. The number of nitrogens with zero attached hydrogens (tertiary/aromatic N) is 3. The van der Waals surface area contributed by atoms with Crippen LogP contribution in [-0.4, -0.2) is 47.7 Å². The van der Waals surface area contributed by atoms with Crippen molar-refractivity contribution in [2.75, 3.05) is 27.2 Å². The van der Waals surface area contributed by atoms with E-state index in [9.17, 15) is 4.79 Å². The molecule has 1 fully saturated rings. The Balaban J connectivity index is 1.75. The lowest BCUT2D eigenvalue weighted by Gasteiger charge is -2.39.